The number of ether oxygens (including phenoxy) is 1. The van der Waals surface area contributed by atoms with Gasteiger partial charge in [-0.05, 0) is 29.8 Å². The van der Waals surface area contributed by atoms with E-state index < -0.39 is 0 Å². The fourth-order valence-electron chi connectivity index (χ4n) is 1.58. The minimum Gasteiger partial charge on any atom is -0.486 e. The molecule has 5 heteroatoms. The maximum atomic E-state index is 13.5. The number of hydrogen-bond acceptors (Lipinski definition) is 2. The summed E-state index contributed by atoms with van der Waals surface area (Å²) < 4.78 is 20.7. The Morgan fingerprint density at radius 1 is 1.11 bits per heavy atom. The van der Waals surface area contributed by atoms with Gasteiger partial charge in [-0.25, -0.2) is 4.39 Å². The van der Waals surface area contributed by atoms with E-state index in [9.17, 15) is 4.39 Å². The van der Waals surface area contributed by atoms with Crippen LogP contribution in [0.2, 0.25) is 0 Å². The van der Waals surface area contributed by atoms with E-state index in [1.165, 1.54) is 6.07 Å². The summed E-state index contributed by atoms with van der Waals surface area (Å²) in [5, 5.41) is 0. The quantitative estimate of drug-likeness (QED) is 0.842. The second-order valence-electron chi connectivity index (χ2n) is 3.99. The van der Waals surface area contributed by atoms with Gasteiger partial charge >= 0.3 is 0 Å². The van der Waals surface area contributed by atoms with Crippen molar-refractivity contribution in [2.75, 3.05) is 0 Å². The molecule has 0 bridgehead atoms. The van der Waals surface area contributed by atoms with E-state index >= 15 is 0 Å². The van der Waals surface area contributed by atoms with Crippen LogP contribution < -0.4 is 10.5 Å². The van der Waals surface area contributed by atoms with Gasteiger partial charge in [-0.2, -0.15) is 0 Å². The lowest BCUT2D eigenvalue weighted by molar-refractivity contribution is 0.289. The highest BCUT2D eigenvalue weighted by atomic mass is 79.9. The van der Waals surface area contributed by atoms with Crippen LogP contribution >= 0.6 is 31.9 Å². The molecule has 0 spiro atoms. The molecule has 0 amide bonds. The van der Waals surface area contributed by atoms with E-state index in [2.05, 4.69) is 31.9 Å². The first kappa shape index (κ1) is 14.5. The van der Waals surface area contributed by atoms with Crippen LogP contribution in [0.3, 0.4) is 0 Å². The summed E-state index contributed by atoms with van der Waals surface area (Å²) in [6, 6.07) is 10.4. The van der Waals surface area contributed by atoms with E-state index in [0.29, 0.717) is 13.2 Å². The van der Waals surface area contributed by atoms with E-state index in [0.717, 1.165) is 20.1 Å². The molecule has 2 rings (SSSR count). The predicted octanol–water partition coefficient (Wildman–Crippen LogP) is 4.39. The lowest BCUT2D eigenvalue weighted by Crippen LogP contribution is -2.01. The minimum atomic E-state index is -0.377. The SMILES string of the molecule is NCc1ccc(COc2cc(Br)ccc2F)c(Br)c1. The fraction of sp³-hybridized carbons (Fsp3) is 0.143. The second-order valence-corrected chi connectivity index (χ2v) is 5.76. The topological polar surface area (TPSA) is 35.2 Å². The Hall–Kier alpha value is -0.910. The highest BCUT2D eigenvalue weighted by molar-refractivity contribution is 9.10. The molecule has 0 radical (unpaired) electrons. The summed E-state index contributed by atoms with van der Waals surface area (Å²) in [5.41, 5.74) is 7.54. The van der Waals surface area contributed by atoms with Crippen molar-refractivity contribution in [3.63, 3.8) is 0 Å². The number of rotatable bonds is 4. The largest absolute Gasteiger partial charge is 0.486 e. The summed E-state index contributed by atoms with van der Waals surface area (Å²) in [6.45, 7) is 0.777. The smallest absolute Gasteiger partial charge is 0.165 e. The first-order valence-corrected chi connectivity index (χ1v) is 7.24. The van der Waals surface area contributed by atoms with E-state index in [4.69, 9.17) is 10.5 Å². The lowest BCUT2D eigenvalue weighted by atomic mass is 10.1. The average Bonchev–Trinajstić information content (AvgIpc) is 2.40. The molecule has 0 unspecified atom stereocenters. The molecule has 0 aliphatic carbocycles. The summed E-state index contributed by atoms with van der Waals surface area (Å²) >= 11 is 6.74. The molecule has 2 aromatic rings. The summed E-state index contributed by atoms with van der Waals surface area (Å²) in [7, 11) is 0. The fourth-order valence-corrected chi connectivity index (χ4v) is 2.46. The molecule has 0 heterocycles. The molecule has 0 saturated heterocycles. The molecule has 0 atom stereocenters. The van der Waals surface area contributed by atoms with Crippen molar-refractivity contribution in [3.8, 4) is 5.75 Å². The van der Waals surface area contributed by atoms with Gasteiger partial charge in [-0.1, -0.05) is 44.0 Å². The Bertz CT molecular complexity index is 590. The molecule has 2 nitrogen and oxygen atoms in total. The average molecular weight is 389 g/mol. The maximum Gasteiger partial charge on any atom is 0.165 e. The lowest BCUT2D eigenvalue weighted by Gasteiger charge is -2.10. The van der Waals surface area contributed by atoms with E-state index in [1.54, 1.807) is 12.1 Å². The summed E-state index contributed by atoms with van der Waals surface area (Å²) in [6.07, 6.45) is 0. The van der Waals surface area contributed by atoms with Crippen molar-refractivity contribution in [3.05, 3.63) is 62.3 Å². The Labute approximate surface area is 128 Å². The van der Waals surface area contributed by atoms with Crippen LogP contribution in [0.5, 0.6) is 5.75 Å². The van der Waals surface area contributed by atoms with Crippen LogP contribution in [0.4, 0.5) is 4.39 Å². The van der Waals surface area contributed by atoms with Gasteiger partial charge in [-0.15, -0.1) is 0 Å². The van der Waals surface area contributed by atoms with Crippen LogP contribution in [0.15, 0.2) is 45.3 Å². The van der Waals surface area contributed by atoms with E-state index in [-0.39, 0.29) is 11.6 Å². The molecule has 19 heavy (non-hydrogen) atoms. The first-order valence-electron chi connectivity index (χ1n) is 5.65. The Balaban J connectivity index is 2.12. The van der Waals surface area contributed by atoms with Gasteiger partial charge in [0.2, 0.25) is 0 Å². The third-order valence-corrected chi connectivity index (χ3v) is 3.86. The van der Waals surface area contributed by atoms with Gasteiger partial charge in [0, 0.05) is 21.1 Å². The minimum absolute atomic E-state index is 0.226. The van der Waals surface area contributed by atoms with Crippen molar-refractivity contribution in [2.45, 2.75) is 13.2 Å². The van der Waals surface area contributed by atoms with Crippen LogP contribution in [0.25, 0.3) is 0 Å². The van der Waals surface area contributed by atoms with Crippen molar-refractivity contribution in [2.24, 2.45) is 5.73 Å². The second kappa shape index (κ2) is 6.50. The number of hydrogen-bond donors (Lipinski definition) is 1. The van der Waals surface area contributed by atoms with Gasteiger partial charge < -0.3 is 10.5 Å². The standard InChI is InChI=1S/C14H12Br2FNO/c15-11-3-4-13(17)14(6-11)19-8-10-2-1-9(7-18)5-12(10)16/h1-6H,7-8,18H2. The van der Waals surface area contributed by atoms with Crippen molar-refractivity contribution in [1.82, 2.24) is 0 Å². The highest BCUT2D eigenvalue weighted by Gasteiger charge is 2.06. The van der Waals surface area contributed by atoms with Crippen LogP contribution in [0, 0.1) is 5.82 Å². The molecular formula is C14H12Br2FNO. The highest BCUT2D eigenvalue weighted by Crippen LogP contribution is 2.25. The van der Waals surface area contributed by atoms with Crippen molar-refractivity contribution < 1.29 is 9.13 Å². The molecule has 2 aromatic carbocycles. The van der Waals surface area contributed by atoms with E-state index in [1.807, 2.05) is 18.2 Å². The number of benzene rings is 2. The molecule has 2 N–H and O–H groups in total. The van der Waals surface area contributed by atoms with Crippen LogP contribution in [-0.2, 0) is 13.2 Å². The number of nitrogens with two attached hydrogens (primary N) is 1. The van der Waals surface area contributed by atoms with Crippen molar-refractivity contribution in [1.29, 1.82) is 0 Å². The van der Waals surface area contributed by atoms with Gasteiger partial charge in [0.1, 0.15) is 6.61 Å². The molecule has 0 aliphatic rings. The molecule has 0 fully saturated rings. The zero-order valence-corrected chi connectivity index (χ0v) is 13.2. The molecule has 0 aromatic heterocycles. The Morgan fingerprint density at radius 3 is 2.58 bits per heavy atom. The zero-order chi connectivity index (χ0) is 13.8. The Morgan fingerprint density at radius 2 is 1.89 bits per heavy atom. The van der Waals surface area contributed by atoms with Crippen LogP contribution in [-0.4, -0.2) is 0 Å². The monoisotopic (exact) mass is 387 g/mol. The first-order chi connectivity index (χ1) is 9.10. The molecular weight excluding hydrogens is 377 g/mol. The summed E-state index contributed by atoms with van der Waals surface area (Å²) in [5.74, 6) is -0.151. The summed E-state index contributed by atoms with van der Waals surface area (Å²) in [4.78, 5) is 0. The third-order valence-electron chi connectivity index (χ3n) is 2.63. The zero-order valence-electron chi connectivity index (χ0n) is 10.00. The molecule has 100 valence electrons. The van der Waals surface area contributed by atoms with Gasteiger partial charge in [0.25, 0.3) is 0 Å². The number of halogens is 3. The van der Waals surface area contributed by atoms with Gasteiger partial charge in [-0.3, -0.25) is 0 Å². The molecule has 0 aliphatic heterocycles. The molecule has 0 saturated carbocycles. The van der Waals surface area contributed by atoms with Crippen LogP contribution in [0.1, 0.15) is 11.1 Å². The maximum absolute atomic E-state index is 13.5. The van der Waals surface area contributed by atoms with Gasteiger partial charge in [0.05, 0.1) is 0 Å². The predicted molar refractivity (Wildman–Crippen MR) is 80.5 cm³/mol. The van der Waals surface area contributed by atoms with Crippen molar-refractivity contribution >= 4 is 31.9 Å². The van der Waals surface area contributed by atoms with Gasteiger partial charge in [0.15, 0.2) is 11.6 Å². The third kappa shape index (κ3) is 3.78. The Kier molecular flexibility index (Phi) is 4.96. The normalized spacial score (nSPS) is 10.5.